The molecule has 2 unspecified atom stereocenters. The monoisotopic (exact) mass is 246 g/mol. The van der Waals surface area contributed by atoms with Crippen molar-refractivity contribution in [2.75, 3.05) is 13.1 Å². The van der Waals surface area contributed by atoms with Crippen LogP contribution in [-0.2, 0) is 5.41 Å². The molecule has 3 N–H and O–H groups in total. The van der Waals surface area contributed by atoms with Gasteiger partial charge in [0.2, 0.25) is 0 Å². The molecule has 1 saturated carbocycles. The summed E-state index contributed by atoms with van der Waals surface area (Å²) < 4.78 is 0. The van der Waals surface area contributed by atoms with Crippen molar-refractivity contribution >= 4 is 0 Å². The van der Waals surface area contributed by atoms with Gasteiger partial charge in [-0.3, -0.25) is 0 Å². The standard InChI is InChI=1S/C16H26N2/c1-3-13(2)15(11-17)18-12-16(9-10-16)14-7-5-4-6-8-14/h4-8,13,15,18H,3,9-12,17H2,1-2H3. The average molecular weight is 246 g/mol. The van der Waals surface area contributed by atoms with Crippen molar-refractivity contribution in [3.63, 3.8) is 0 Å². The Hall–Kier alpha value is -0.860. The molecule has 0 bridgehead atoms. The van der Waals surface area contributed by atoms with Gasteiger partial charge in [0.05, 0.1) is 0 Å². The van der Waals surface area contributed by atoms with Crippen LogP contribution in [0.5, 0.6) is 0 Å². The van der Waals surface area contributed by atoms with Crippen molar-refractivity contribution in [2.45, 2.75) is 44.6 Å². The molecular formula is C16H26N2. The molecule has 1 aromatic rings. The van der Waals surface area contributed by atoms with Crippen LogP contribution in [0.3, 0.4) is 0 Å². The Morgan fingerprint density at radius 3 is 2.44 bits per heavy atom. The predicted octanol–water partition coefficient (Wildman–Crippen LogP) is 2.68. The Kier molecular flexibility index (Phi) is 4.41. The molecule has 2 heteroatoms. The number of hydrogen-bond acceptors (Lipinski definition) is 2. The number of nitrogens with one attached hydrogen (secondary N) is 1. The van der Waals surface area contributed by atoms with Gasteiger partial charge in [0, 0.05) is 24.5 Å². The maximum absolute atomic E-state index is 5.88. The largest absolute Gasteiger partial charge is 0.329 e. The molecule has 0 spiro atoms. The summed E-state index contributed by atoms with van der Waals surface area (Å²) in [5.74, 6) is 0.654. The van der Waals surface area contributed by atoms with Crippen LogP contribution in [0.15, 0.2) is 30.3 Å². The number of nitrogens with two attached hydrogens (primary N) is 1. The van der Waals surface area contributed by atoms with Gasteiger partial charge in [-0.2, -0.15) is 0 Å². The Bertz CT molecular complexity index is 357. The number of hydrogen-bond donors (Lipinski definition) is 2. The minimum absolute atomic E-state index is 0.391. The topological polar surface area (TPSA) is 38.0 Å². The zero-order valence-corrected chi connectivity index (χ0v) is 11.7. The molecule has 2 nitrogen and oxygen atoms in total. The Morgan fingerprint density at radius 2 is 1.94 bits per heavy atom. The summed E-state index contributed by atoms with van der Waals surface area (Å²) in [6.45, 7) is 6.33. The van der Waals surface area contributed by atoms with E-state index in [-0.39, 0.29) is 0 Å². The molecule has 0 saturated heterocycles. The maximum atomic E-state index is 5.88. The summed E-state index contributed by atoms with van der Waals surface area (Å²) in [5, 5.41) is 3.70. The second kappa shape index (κ2) is 5.85. The lowest BCUT2D eigenvalue weighted by Crippen LogP contribution is -2.44. The second-order valence-electron chi connectivity index (χ2n) is 5.75. The molecule has 1 aliphatic rings. The summed E-state index contributed by atoms with van der Waals surface area (Å²) in [4.78, 5) is 0. The molecule has 1 fully saturated rings. The van der Waals surface area contributed by atoms with Crippen molar-refractivity contribution < 1.29 is 0 Å². The molecule has 100 valence electrons. The molecular weight excluding hydrogens is 220 g/mol. The van der Waals surface area contributed by atoms with Crippen LogP contribution in [0.2, 0.25) is 0 Å². The lowest BCUT2D eigenvalue weighted by atomic mass is 9.94. The molecule has 0 radical (unpaired) electrons. The van der Waals surface area contributed by atoms with Gasteiger partial charge in [0.15, 0.2) is 0 Å². The number of rotatable bonds is 7. The third-order valence-corrected chi connectivity index (χ3v) is 4.53. The van der Waals surface area contributed by atoms with Crippen LogP contribution in [0.4, 0.5) is 0 Å². The third-order valence-electron chi connectivity index (χ3n) is 4.53. The normalized spacial score (nSPS) is 20.4. The molecule has 1 aliphatic carbocycles. The summed E-state index contributed by atoms with van der Waals surface area (Å²) >= 11 is 0. The van der Waals surface area contributed by atoms with Gasteiger partial charge in [-0.15, -0.1) is 0 Å². The molecule has 1 aromatic carbocycles. The van der Waals surface area contributed by atoms with E-state index >= 15 is 0 Å². The highest BCUT2D eigenvalue weighted by Gasteiger charge is 2.44. The highest BCUT2D eigenvalue weighted by Crippen LogP contribution is 2.47. The Labute approximate surface area is 111 Å². The molecule has 0 aliphatic heterocycles. The van der Waals surface area contributed by atoms with E-state index < -0.39 is 0 Å². The molecule has 2 rings (SSSR count). The lowest BCUT2D eigenvalue weighted by Gasteiger charge is -2.26. The van der Waals surface area contributed by atoms with Gasteiger partial charge in [0.1, 0.15) is 0 Å². The second-order valence-corrected chi connectivity index (χ2v) is 5.75. The van der Waals surface area contributed by atoms with Crippen molar-refractivity contribution in [3.8, 4) is 0 Å². The first-order valence-corrected chi connectivity index (χ1v) is 7.21. The van der Waals surface area contributed by atoms with Crippen LogP contribution in [0.25, 0.3) is 0 Å². The van der Waals surface area contributed by atoms with Gasteiger partial charge in [-0.1, -0.05) is 50.6 Å². The van der Waals surface area contributed by atoms with Crippen molar-refractivity contribution in [3.05, 3.63) is 35.9 Å². The van der Waals surface area contributed by atoms with E-state index in [2.05, 4.69) is 49.5 Å². The highest BCUT2D eigenvalue weighted by molar-refractivity contribution is 5.31. The third kappa shape index (κ3) is 2.93. The molecule has 18 heavy (non-hydrogen) atoms. The van der Waals surface area contributed by atoms with Gasteiger partial charge in [0.25, 0.3) is 0 Å². The van der Waals surface area contributed by atoms with Crippen LogP contribution in [0.1, 0.15) is 38.7 Å². The summed E-state index contributed by atoms with van der Waals surface area (Å²) in [6, 6.07) is 11.4. The molecule has 0 heterocycles. The highest BCUT2D eigenvalue weighted by atomic mass is 15.0. The Morgan fingerprint density at radius 1 is 1.28 bits per heavy atom. The van der Waals surface area contributed by atoms with Crippen LogP contribution < -0.4 is 11.1 Å². The quantitative estimate of drug-likeness (QED) is 0.776. The van der Waals surface area contributed by atoms with Crippen molar-refractivity contribution in [1.82, 2.24) is 5.32 Å². The van der Waals surface area contributed by atoms with Crippen LogP contribution in [0, 0.1) is 5.92 Å². The van der Waals surface area contributed by atoms with Gasteiger partial charge in [-0.05, 0) is 24.3 Å². The zero-order chi connectivity index (χ0) is 13.0. The van der Waals surface area contributed by atoms with Crippen LogP contribution in [-0.4, -0.2) is 19.1 Å². The van der Waals surface area contributed by atoms with Crippen LogP contribution >= 0.6 is 0 Å². The molecule has 2 atom stereocenters. The van der Waals surface area contributed by atoms with Gasteiger partial charge >= 0.3 is 0 Å². The fourth-order valence-corrected chi connectivity index (χ4v) is 2.64. The van der Waals surface area contributed by atoms with Crippen molar-refractivity contribution in [2.24, 2.45) is 11.7 Å². The first-order chi connectivity index (χ1) is 8.72. The first-order valence-electron chi connectivity index (χ1n) is 7.21. The first kappa shape index (κ1) is 13.6. The van der Waals surface area contributed by atoms with E-state index in [1.54, 1.807) is 0 Å². The Balaban J connectivity index is 1.94. The molecule has 0 aromatic heterocycles. The summed E-state index contributed by atoms with van der Waals surface area (Å²) in [7, 11) is 0. The lowest BCUT2D eigenvalue weighted by molar-refractivity contribution is 0.359. The van der Waals surface area contributed by atoms with E-state index in [9.17, 15) is 0 Å². The molecule has 0 amide bonds. The van der Waals surface area contributed by atoms with E-state index in [1.165, 1.54) is 24.8 Å². The summed E-state index contributed by atoms with van der Waals surface area (Å²) in [6.07, 6.45) is 3.80. The van der Waals surface area contributed by atoms with E-state index in [4.69, 9.17) is 5.73 Å². The van der Waals surface area contributed by atoms with E-state index in [0.29, 0.717) is 17.4 Å². The minimum atomic E-state index is 0.391. The zero-order valence-electron chi connectivity index (χ0n) is 11.7. The van der Waals surface area contributed by atoms with Gasteiger partial charge in [-0.25, -0.2) is 0 Å². The fraction of sp³-hybridized carbons (Fsp3) is 0.625. The number of benzene rings is 1. The fourth-order valence-electron chi connectivity index (χ4n) is 2.64. The average Bonchev–Trinajstić information content (AvgIpc) is 3.21. The SMILES string of the molecule is CCC(C)C(CN)NCC1(c2ccccc2)CC1. The van der Waals surface area contributed by atoms with E-state index in [0.717, 1.165) is 13.1 Å². The summed E-state index contributed by atoms with van der Waals surface area (Å²) in [5.41, 5.74) is 7.75. The minimum Gasteiger partial charge on any atom is -0.329 e. The van der Waals surface area contributed by atoms with E-state index in [1.807, 2.05) is 0 Å². The predicted molar refractivity (Wildman–Crippen MR) is 77.7 cm³/mol. The maximum Gasteiger partial charge on any atom is 0.0216 e. The smallest absolute Gasteiger partial charge is 0.0216 e. The van der Waals surface area contributed by atoms with Gasteiger partial charge < -0.3 is 11.1 Å². The van der Waals surface area contributed by atoms with Crippen molar-refractivity contribution in [1.29, 1.82) is 0 Å².